The van der Waals surface area contributed by atoms with E-state index in [-0.39, 0.29) is 0 Å². The van der Waals surface area contributed by atoms with Gasteiger partial charge in [-0.1, -0.05) is 0 Å². The molecular weight excluding hydrogens is 303 g/mol. The van der Waals surface area contributed by atoms with Crippen LogP contribution in [0.3, 0.4) is 0 Å². The Balaban J connectivity index is 2.68. The number of alkyl halides is 3. The summed E-state index contributed by atoms with van der Waals surface area (Å²) in [5, 5.41) is 0. The van der Waals surface area contributed by atoms with Crippen molar-refractivity contribution in [2.75, 3.05) is 25.9 Å². The SMILES string of the molecule is CN1CCC(C(=O)OC(CS(=O)(=O)O)C(F)(F)F)CC1. The highest BCUT2D eigenvalue weighted by Gasteiger charge is 2.46. The minimum atomic E-state index is -5.04. The number of halogens is 3. The van der Waals surface area contributed by atoms with Crippen LogP contribution >= 0.6 is 0 Å². The number of piperidine rings is 1. The van der Waals surface area contributed by atoms with E-state index in [0.717, 1.165) is 0 Å². The zero-order chi connectivity index (χ0) is 15.6. The van der Waals surface area contributed by atoms with Crippen molar-refractivity contribution < 1.29 is 35.7 Å². The van der Waals surface area contributed by atoms with E-state index < -0.39 is 40.0 Å². The largest absolute Gasteiger partial charge is 0.451 e. The molecule has 10 heteroatoms. The van der Waals surface area contributed by atoms with E-state index in [2.05, 4.69) is 4.74 Å². The first kappa shape index (κ1) is 17.2. The Bertz CT molecular complexity index is 442. The van der Waals surface area contributed by atoms with Crippen molar-refractivity contribution in [2.24, 2.45) is 5.92 Å². The van der Waals surface area contributed by atoms with Crippen molar-refractivity contribution >= 4 is 16.1 Å². The van der Waals surface area contributed by atoms with Crippen LogP contribution in [0.5, 0.6) is 0 Å². The molecule has 1 N–H and O–H groups in total. The third-order valence-corrected chi connectivity index (χ3v) is 3.76. The van der Waals surface area contributed by atoms with Gasteiger partial charge in [0.1, 0.15) is 5.75 Å². The molecule has 0 aromatic rings. The van der Waals surface area contributed by atoms with Crippen LogP contribution in [0.4, 0.5) is 13.2 Å². The van der Waals surface area contributed by atoms with Crippen molar-refractivity contribution in [1.82, 2.24) is 4.90 Å². The van der Waals surface area contributed by atoms with Crippen LogP contribution in [-0.4, -0.2) is 62.0 Å². The van der Waals surface area contributed by atoms with Gasteiger partial charge >= 0.3 is 12.1 Å². The molecule has 118 valence electrons. The molecule has 0 aromatic carbocycles. The number of hydrogen-bond donors (Lipinski definition) is 1. The zero-order valence-corrected chi connectivity index (χ0v) is 11.6. The fourth-order valence-corrected chi connectivity index (χ4v) is 2.51. The van der Waals surface area contributed by atoms with E-state index in [1.54, 1.807) is 0 Å². The molecule has 6 nitrogen and oxygen atoms in total. The molecule has 0 bridgehead atoms. The maximum absolute atomic E-state index is 12.6. The van der Waals surface area contributed by atoms with Gasteiger partial charge in [0.25, 0.3) is 10.1 Å². The number of ether oxygens (including phenoxy) is 1. The topological polar surface area (TPSA) is 83.9 Å². The van der Waals surface area contributed by atoms with Gasteiger partial charge in [-0.2, -0.15) is 21.6 Å². The first-order valence-corrected chi connectivity index (χ1v) is 7.51. The summed E-state index contributed by atoms with van der Waals surface area (Å²) in [6.45, 7) is 1.10. The lowest BCUT2D eigenvalue weighted by Crippen LogP contribution is -2.42. The quantitative estimate of drug-likeness (QED) is 0.606. The van der Waals surface area contributed by atoms with Crippen molar-refractivity contribution in [3.8, 4) is 0 Å². The highest BCUT2D eigenvalue weighted by molar-refractivity contribution is 7.85. The first-order valence-electron chi connectivity index (χ1n) is 5.90. The summed E-state index contributed by atoms with van der Waals surface area (Å²) in [5.74, 6) is -3.45. The molecule has 1 fully saturated rings. The van der Waals surface area contributed by atoms with Gasteiger partial charge in [0.2, 0.25) is 6.10 Å². The third kappa shape index (κ3) is 5.63. The molecule has 1 unspecified atom stereocenters. The lowest BCUT2D eigenvalue weighted by molar-refractivity contribution is -0.218. The normalized spacial score (nSPS) is 20.6. The average molecular weight is 319 g/mol. The maximum Gasteiger partial charge on any atom is 0.426 e. The minimum absolute atomic E-state index is 0.353. The lowest BCUT2D eigenvalue weighted by atomic mass is 9.97. The standard InChI is InChI=1S/C10H16F3NO5S/c1-14-4-2-7(3-5-14)9(15)19-8(10(11,12)13)6-20(16,17)18/h7-8H,2-6H2,1H3,(H,16,17,18). The summed E-state index contributed by atoms with van der Waals surface area (Å²) >= 11 is 0. The summed E-state index contributed by atoms with van der Waals surface area (Å²) in [5.41, 5.74) is 0. The number of likely N-dealkylation sites (tertiary alicyclic amines) is 1. The maximum atomic E-state index is 12.6. The predicted molar refractivity (Wildman–Crippen MR) is 62.6 cm³/mol. The molecule has 1 aliphatic heterocycles. The Kier molecular flexibility index (Phi) is 5.39. The van der Waals surface area contributed by atoms with E-state index in [1.165, 1.54) is 0 Å². The Morgan fingerprint density at radius 1 is 1.40 bits per heavy atom. The highest BCUT2D eigenvalue weighted by Crippen LogP contribution is 2.26. The molecule has 1 rings (SSSR count). The predicted octanol–water partition coefficient (Wildman–Crippen LogP) is 0.690. The van der Waals surface area contributed by atoms with Gasteiger partial charge in [-0.15, -0.1) is 0 Å². The minimum Gasteiger partial charge on any atom is -0.451 e. The van der Waals surface area contributed by atoms with Crippen LogP contribution in [0.15, 0.2) is 0 Å². The first-order chi connectivity index (χ1) is 8.99. The van der Waals surface area contributed by atoms with E-state index in [1.807, 2.05) is 11.9 Å². The molecule has 0 saturated carbocycles. The van der Waals surface area contributed by atoms with Crippen LogP contribution in [0.1, 0.15) is 12.8 Å². The molecule has 1 heterocycles. The molecule has 0 aromatic heterocycles. The van der Waals surface area contributed by atoms with Gasteiger partial charge in [-0.05, 0) is 33.0 Å². The summed E-state index contributed by atoms with van der Waals surface area (Å²) in [6.07, 6.45) is -7.18. The van der Waals surface area contributed by atoms with Crippen LogP contribution in [0.25, 0.3) is 0 Å². The Morgan fingerprint density at radius 2 is 1.90 bits per heavy atom. The van der Waals surface area contributed by atoms with E-state index in [4.69, 9.17) is 4.55 Å². The van der Waals surface area contributed by atoms with E-state index >= 15 is 0 Å². The molecule has 0 radical (unpaired) electrons. The second-order valence-corrected chi connectivity index (χ2v) is 6.29. The summed E-state index contributed by atoms with van der Waals surface area (Å²) in [6, 6.07) is 0. The number of esters is 1. The molecule has 1 atom stereocenters. The van der Waals surface area contributed by atoms with Gasteiger partial charge in [-0.3, -0.25) is 9.35 Å². The number of hydrogen-bond acceptors (Lipinski definition) is 5. The number of carbonyl (C=O) groups excluding carboxylic acids is 1. The van der Waals surface area contributed by atoms with Crippen LogP contribution in [0.2, 0.25) is 0 Å². The Morgan fingerprint density at radius 3 is 2.30 bits per heavy atom. The molecule has 1 saturated heterocycles. The molecule has 0 spiro atoms. The smallest absolute Gasteiger partial charge is 0.426 e. The van der Waals surface area contributed by atoms with Gasteiger partial charge in [0, 0.05) is 0 Å². The van der Waals surface area contributed by atoms with Crippen molar-refractivity contribution in [3.05, 3.63) is 0 Å². The summed E-state index contributed by atoms with van der Waals surface area (Å²) in [7, 11) is -3.08. The molecule has 0 aliphatic carbocycles. The number of carbonyl (C=O) groups is 1. The number of rotatable bonds is 4. The Labute approximate surface area is 114 Å². The molecule has 0 amide bonds. The van der Waals surface area contributed by atoms with E-state index in [0.29, 0.717) is 25.9 Å². The Hall–Kier alpha value is -0.870. The fraction of sp³-hybridized carbons (Fsp3) is 0.900. The van der Waals surface area contributed by atoms with Gasteiger partial charge in [0.15, 0.2) is 0 Å². The average Bonchev–Trinajstić information content (AvgIpc) is 2.25. The molecular formula is C10H16F3NO5S. The monoisotopic (exact) mass is 319 g/mol. The van der Waals surface area contributed by atoms with Gasteiger partial charge in [-0.25, -0.2) is 0 Å². The number of nitrogens with zero attached hydrogens (tertiary/aromatic N) is 1. The van der Waals surface area contributed by atoms with Crippen LogP contribution in [-0.2, 0) is 19.6 Å². The second-order valence-electron chi connectivity index (χ2n) is 4.79. The zero-order valence-electron chi connectivity index (χ0n) is 10.8. The van der Waals surface area contributed by atoms with Crippen molar-refractivity contribution in [1.29, 1.82) is 0 Å². The van der Waals surface area contributed by atoms with E-state index in [9.17, 15) is 26.4 Å². The summed E-state index contributed by atoms with van der Waals surface area (Å²) in [4.78, 5) is 13.6. The van der Waals surface area contributed by atoms with Crippen LogP contribution in [0, 0.1) is 5.92 Å². The fourth-order valence-electron chi connectivity index (χ4n) is 1.87. The molecule has 1 aliphatic rings. The van der Waals surface area contributed by atoms with Gasteiger partial charge < -0.3 is 9.64 Å². The molecule has 20 heavy (non-hydrogen) atoms. The van der Waals surface area contributed by atoms with Gasteiger partial charge in [0.05, 0.1) is 5.92 Å². The highest BCUT2D eigenvalue weighted by atomic mass is 32.2. The van der Waals surface area contributed by atoms with Crippen LogP contribution < -0.4 is 0 Å². The second kappa shape index (κ2) is 6.27. The third-order valence-electron chi connectivity index (χ3n) is 3.04. The van der Waals surface area contributed by atoms with Crippen molar-refractivity contribution in [2.45, 2.75) is 25.1 Å². The lowest BCUT2D eigenvalue weighted by Gasteiger charge is -2.29. The van der Waals surface area contributed by atoms with Crippen molar-refractivity contribution in [3.63, 3.8) is 0 Å². The summed E-state index contributed by atoms with van der Waals surface area (Å²) < 4.78 is 71.6.